The van der Waals surface area contributed by atoms with E-state index in [1.54, 1.807) is 0 Å². The first-order chi connectivity index (χ1) is 39.8. The zero-order chi connectivity index (χ0) is 58.7. The number of esters is 2. The minimum absolute atomic E-state index is 0.0447. The van der Waals surface area contributed by atoms with Gasteiger partial charge in [0.15, 0.2) is 6.10 Å². The summed E-state index contributed by atoms with van der Waals surface area (Å²) < 4.78 is 33.1. The third-order valence-electron chi connectivity index (χ3n) is 13.2. The van der Waals surface area contributed by atoms with Crippen LogP contribution in [-0.2, 0) is 32.7 Å². The van der Waals surface area contributed by atoms with E-state index in [0.29, 0.717) is 12.8 Å². The van der Waals surface area contributed by atoms with E-state index in [1.807, 2.05) is 0 Å². The summed E-state index contributed by atoms with van der Waals surface area (Å²) in [4.78, 5) is 35.3. The molecule has 0 fully saturated rings. The van der Waals surface area contributed by atoms with Gasteiger partial charge in [0.2, 0.25) is 0 Å². The molecule has 0 amide bonds. The van der Waals surface area contributed by atoms with Crippen LogP contribution >= 0.6 is 7.82 Å². The number of ether oxygens (including phenoxy) is 2. The number of carbonyl (C=O) groups is 2. The number of allylic oxidation sites excluding steroid dienone is 24. The van der Waals surface area contributed by atoms with E-state index in [4.69, 9.17) is 24.3 Å². The van der Waals surface area contributed by atoms with Gasteiger partial charge >= 0.3 is 19.8 Å². The van der Waals surface area contributed by atoms with Gasteiger partial charge in [-0.15, -0.1) is 0 Å². The molecule has 0 radical (unpaired) electrons. The fourth-order valence-corrected chi connectivity index (χ4v) is 9.29. The first-order valence-corrected chi connectivity index (χ1v) is 33.8. The van der Waals surface area contributed by atoms with Gasteiger partial charge in [0, 0.05) is 19.4 Å². The fourth-order valence-electron chi connectivity index (χ4n) is 8.53. The average molecular weight is 1140 g/mol. The highest BCUT2D eigenvalue weighted by molar-refractivity contribution is 7.47. The fraction of sp³-hybridized carbons (Fsp3) is 0.634. The predicted molar refractivity (Wildman–Crippen MR) is 348 cm³/mol. The van der Waals surface area contributed by atoms with Crippen molar-refractivity contribution >= 4 is 19.8 Å². The van der Waals surface area contributed by atoms with Crippen LogP contribution < -0.4 is 5.73 Å². The monoisotopic (exact) mass is 1140 g/mol. The molecule has 10 heteroatoms. The van der Waals surface area contributed by atoms with E-state index in [2.05, 4.69) is 160 Å². The van der Waals surface area contributed by atoms with Gasteiger partial charge in [-0.1, -0.05) is 275 Å². The molecule has 0 saturated heterocycles. The normalized spacial score (nSPS) is 14.0. The maximum atomic E-state index is 12.7. The summed E-state index contributed by atoms with van der Waals surface area (Å²) in [5, 5.41) is 0. The van der Waals surface area contributed by atoms with Gasteiger partial charge in [-0.05, 0) is 116 Å². The highest BCUT2D eigenvalue weighted by atomic mass is 31.2. The lowest BCUT2D eigenvalue weighted by Crippen LogP contribution is -2.29. The minimum Gasteiger partial charge on any atom is -0.462 e. The van der Waals surface area contributed by atoms with Crippen LogP contribution in [0, 0.1) is 0 Å². The lowest BCUT2D eigenvalue weighted by Gasteiger charge is -2.19. The van der Waals surface area contributed by atoms with Crippen molar-refractivity contribution in [3.05, 3.63) is 146 Å². The average Bonchev–Trinajstić information content (AvgIpc) is 3.46. The molecule has 0 aromatic carbocycles. The maximum Gasteiger partial charge on any atom is 0.472 e. The van der Waals surface area contributed by atoms with Crippen LogP contribution in [0.2, 0.25) is 0 Å². The molecule has 0 aliphatic carbocycles. The molecule has 0 aliphatic heterocycles. The van der Waals surface area contributed by atoms with Gasteiger partial charge < -0.3 is 20.1 Å². The van der Waals surface area contributed by atoms with E-state index >= 15 is 0 Å². The van der Waals surface area contributed by atoms with Crippen molar-refractivity contribution in [3.8, 4) is 0 Å². The molecule has 0 bridgehead atoms. The summed E-state index contributed by atoms with van der Waals surface area (Å²) in [5.74, 6) is -0.849. The van der Waals surface area contributed by atoms with Crippen LogP contribution in [0.15, 0.2) is 146 Å². The Bertz CT molecular complexity index is 1830. The number of hydrogen-bond acceptors (Lipinski definition) is 8. The number of unbranched alkanes of at least 4 members (excludes halogenated alkanes) is 22. The molecule has 460 valence electrons. The summed E-state index contributed by atoms with van der Waals surface area (Å²) >= 11 is 0. The van der Waals surface area contributed by atoms with Crippen molar-refractivity contribution in [2.45, 2.75) is 264 Å². The van der Waals surface area contributed by atoms with Gasteiger partial charge in [0.05, 0.1) is 13.2 Å². The Kier molecular flexibility index (Phi) is 61.7. The zero-order valence-corrected chi connectivity index (χ0v) is 52.4. The van der Waals surface area contributed by atoms with Crippen LogP contribution in [0.4, 0.5) is 0 Å². The van der Waals surface area contributed by atoms with Gasteiger partial charge in [0.1, 0.15) is 6.61 Å². The van der Waals surface area contributed by atoms with Crippen LogP contribution in [0.3, 0.4) is 0 Å². The molecule has 3 N–H and O–H groups in total. The second-order valence-corrected chi connectivity index (χ2v) is 22.3. The van der Waals surface area contributed by atoms with Gasteiger partial charge in [-0.25, -0.2) is 4.57 Å². The highest BCUT2D eigenvalue weighted by Crippen LogP contribution is 2.43. The Hall–Kier alpha value is -4.11. The minimum atomic E-state index is -4.40. The van der Waals surface area contributed by atoms with Gasteiger partial charge in [-0.3, -0.25) is 18.6 Å². The molecule has 0 saturated carbocycles. The van der Waals surface area contributed by atoms with E-state index in [0.717, 1.165) is 135 Å². The van der Waals surface area contributed by atoms with Crippen molar-refractivity contribution < 1.29 is 37.6 Å². The summed E-state index contributed by atoms with van der Waals surface area (Å²) in [7, 11) is -4.40. The quantitative estimate of drug-likeness (QED) is 0.0264. The molecule has 2 unspecified atom stereocenters. The Labute approximate surface area is 496 Å². The standard InChI is InChI=1S/C71H118NO8P/c1-3-5-7-9-11-13-15-17-19-21-23-25-27-29-30-31-32-33-34-35-36-37-38-40-42-44-46-48-50-52-54-56-58-60-62-64-71(74)80-69(68-79-81(75,76)78-66-65-72)67-77-70(73)63-61-59-57-55-53-51-49-47-45-43-41-39-28-26-24-22-20-18-16-14-12-10-8-6-4-2/h5-8,11-14,17-20,23-26,29-30,32-33,39,41,45,47,69H,3-4,9-10,15-16,21-22,27-28,31,34-38,40,42-44,46,48-68,72H2,1-2H3,(H,75,76)/b7-5-,8-6-,13-11-,14-12-,19-17-,20-18-,25-23-,26-24-,30-29-,33-32-,41-39-,47-45-. The molecule has 9 nitrogen and oxygen atoms in total. The molecular weight excluding hydrogens is 1030 g/mol. The Balaban J connectivity index is 3.96. The van der Waals surface area contributed by atoms with Crippen LogP contribution in [-0.4, -0.2) is 49.3 Å². The number of hydrogen-bond donors (Lipinski definition) is 2. The smallest absolute Gasteiger partial charge is 0.462 e. The molecule has 0 aromatic rings. The summed E-state index contributed by atoms with van der Waals surface area (Å²) in [6.45, 7) is 3.50. The SMILES string of the molecule is CC/C=C\C/C=C\C/C=C\C/C=C\C/C=C\C/C=C\CCCCCCCCCCCCCCCCCCC(=O)OC(COC(=O)CCCCCCCC/C=C\C/C=C\C/C=C\C/C=C\C/C=C\C/C=C\CC)COP(=O)(O)OCCN. The molecule has 2 atom stereocenters. The largest absolute Gasteiger partial charge is 0.472 e. The van der Waals surface area contributed by atoms with Crippen molar-refractivity contribution in [1.29, 1.82) is 0 Å². The third kappa shape index (κ3) is 64.9. The Morgan fingerprint density at radius 1 is 0.370 bits per heavy atom. The van der Waals surface area contributed by atoms with Crippen molar-refractivity contribution in [2.75, 3.05) is 26.4 Å². The van der Waals surface area contributed by atoms with Crippen LogP contribution in [0.5, 0.6) is 0 Å². The van der Waals surface area contributed by atoms with Crippen molar-refractivity contribution in [2.24, 2.45) is 5.73 Å². The first-order valence-electron chi connectivity index (χ1n) is 32.3. The topological polar surface area (TPSA) is 134 Å². The summed E-state index contributed by atoms with van der Waals surface area (Å²) in [6, 6.07) is 0. The Morgan fingerprint density at radius 3 is 0.951 bits per heavy atom. The highest BCUT2D eigenvalue weighted by Gasteiger charge is 2.26. The lowest BCUT2D eigenvalue weighted by atomic mass is 10.0. The van der Waals surface area contributed by atoms with E-state index in [1.165, 1.54) is 83.5 Å². The van der Waals surface area contributed by atoms with E-state index in [9.17, 15) is 19.0 Å². The number of carbonyl (C=O) groups excluding carboxylic acids is 2. The van der Waals surface area contributed by atoms with E-state index < -0.39 is 32.5 Å². The number of phosphoric ester groups is 1. The number of nitrogens with two attached hydrogens (primary N) is 1. The summed E-state index contributed by atoms with van der Waals surface area (Å²) in [5.41, 5.74) is 5.39. The summed E-state index contributed by atoms with van der Waals surface area (Å²) in [6.07, 6.45) is 93.4. The van der Waals surface area contributed by atoms with Gasteiger partial charge in [-0.2, -0.15) is 0 Å². The molecule has 0 heterocycles. The second-order valence-electron chi connectivity index (χ2n) is 20.9. The van der Waals surface area contributed by atoms with Crippen molar-refractivity contribution in [1.82, 2.24) is 0 Å². The molecule has 0 rings (SSSR count). The maximum absolute atomic E-state index is 12.7. The molecule has 0 aliphatic rings. The second kappa shape index (κ2) is 65.0. The number of phosphoric acid groups is 1. The van der Waals surface area contributed by atoms with Gasteiger partial charge in [0.25, 0.3) is 0 Å². The third-order valence-corrected chi connectivity index (χ3v) is 14.2. The predicted octanol–water partition coefficient (Wildman–Crippen LogP) is 21.1. The molecule has 81 heavy (non-hydrogen) atoms. The molecule has 0 aromatic heterocycles. The molecule has 0 spiro atoms. The van der Waals surface area contributed by atoms with Crippen molar-refractivity contribution in [3.63, 3.8) is 0 Å². The molecular formula is C71H118NO8P. The zero-order valence-electron chi connectivity index (χ0n) is 51.5. The lowest BCUT2D eigenvalue weighted by molar-refractivity contribution is -0.161. The first kappa shape index (κ1) is 76.9. The van der Waals surface area contributed by atoms with Crippen LogP contribution in [0.25, 0.3) is 0 Å². The van der Waals surface area contributed by atoms with E-state index in [-0.39, 0.29) is 32.6 Å². The van der Waals surface area contributed by atoms with Crippen LogP contribution in [0.1, 0.15) is 258 Å². The number of rotatable bonds is 59. The Morgan fingerprint density at radius 2 is 0.642 bits per heavy atom.